The molecule has 30 heavy (non-hydrogen) atoms. The number of fused-ring (bicyclic) bond motifs is 2. The molecule has 1 saturated heterocycles. The van der Waals surface area contributed by atoms with Crippen LogP contribution in [-0.2, 0) is 0 Å². The van der Waals surface area contributed by atoms with E-state index in [-0.39, 0.29) is 17.4 Å². The molecule has 4 aromatic rings. The van der Waals surface area contributed by atoms with Crippen molar-refractivity contribution in [1.82, 2.24) is 24.6 Å². The summed E-state index contributed by atoms with van der Waals surface area (Å²) in [5.74, 6) is 1.40. The lowest BCUT2D eigenvalue weighted by molar-refractivity contribution is 0.146. The van der Waals surface area contributed by atoms with Gasteiger partial charge in [0.05, 0.1) is 5.69 Å². The van der Waals surface area contributed by atoms with Crippen LogP contribution in [-0.4, -0.2) is 37.7 Å². The van der Waals surface area contributed by atoms with Crippen molar-refractivity contribution in [3.05, 3.63) is 58.7 Å². The zero-order valence-electron chi connectivity index (χ0n) is 16.2. The average molecular weight is 473 g/mol. The van der Waals surface area contributed by atoms with E-state index < -0.39 is 6.43 Å². The van der Waals surface area contributed by atoms with E-state index in [1.807, 2.05) is 18.3 Å². The first-order valence-electron chi connectivity index (χ1n) is 9.79. The minimum Gasteiger partial charge on any atom is -0.355 e. The minimum absolute atomic E-state index is 0.00680. The fraction of sp³-hybridized carbons (Fsp3) is 0.333. The van der Waals surface area contributed by atoms with Gasteiger partial charge in [-0.05, 0) is 42.0 Å². The van der Waals surface area contributed by atoms with Gasteiger partial charge in [0, 0.05) is 35.1 Å². The molecule has 0 saturated carbocycles. The zero-order chi connectivity index (χ0) is 20.8. The van der Waals surface area contributed by atoms with Crippen LogP contribution in [0.25, 0.3) is 16.6 Å². The highest BCUT2D eigenvalue weighted by Gasteiger charge is 2.32. The maximum atomic E-state index is 13.5. The van der Waals surface area contributed by atoms with Gasteiger partial charge in [-0.1, -0.05) is 28.9 Å². The standard InChI is InChI=1S/C21H19BrF2N6/c1-12-5-7-29(20-15-8-14(22)3-2-13(15)4-6-25-20)10-16(12)18-9-17(19(23)24)28-21-26-11-27-30(18)21/h2-4,6,8-9,11-12,16,19H,5,7,10H2,1H3/t12-,16-/m0/s1. The van der Waals surface area contributed by atoms with Crippen LogP contribution in [0.15, 0.2) is 47.3 Å². The predicted octanol–water partition coefficient (Wildman–Crippen LogP) is 5.00. The number of hydrogen-bond acceptors (Lipinski definition) is 5. The number of nitrogens with zero attached hydrogens (tertiary/aromatic N) is 6. The molecule has 1 aliphatic rings. The maximum absolute atomic E-state index is 13.5. The Hall–Kier alpha value is -2.68. The third-order valence-electron chi connectivity index (χ3n) is 5.87. The molecule has 0 aliphatic carbocycles. The monoisotopic (exact) mass is 472 g/mol. The Labute approximate surface area is 180 Å². The Kier molecular flexibility index (Phi) is 4.85. The van der Waals surface area contributed by atoms with Gasteiger partial charge in [-0.2, -0.15) is 10.1 Å². The molecular formula is C21H19BrF2N6. The van der Waals surface area contributed by atoms with Crippen molar-refractivity contribution in [3.8, 4) is 0 Å². The molecule has 0 radical (unpaired) electrons. The van der Waals surface area contributed by atoms with Gasteiger partial charge in [-0.15, -0.1) is 0 Å². The lowest BCUT2D eigenvalue weighted by Gasteiger charge is -2.38. The fourth-order valence-corrected chi connectivity index (χ4v) is 4.62. The predicted molar refractivity (Wildman–Crippen MR) is 114 cm³/mol. The highest BCUT2D eigenvalue weighted by molar-refractivity contribution is 9.10. The van der Waals surface area contributed by atoms with Crippen LogP contribution in [0.3, 0.4) is 0 Å². The molecule has 0 amide bonds. The minimum atomic E-state index is -2.66. The van der Waals surface area contributed by atoms with Crippen molar-refractivity contribution in [3.63, 3.8) is 0 Å². The van der Waals surface area contributed by atoms with E-state index in [2.05, 4.69) is 59.9 Å². The quantitative estimate of drug-likeness (QED) is 0.419. The molecule has 3 aromatic heterocycles. The van der Waals surface area contributed by atoms with Gasteiger partial charge in [0.1, 0.15) is 17.8 Å². The number of rotatable bonds is 3. The summed E-state index contributed by atoms with van der Waals surface area (Å²) in [6.45, 7) is 3.66. The van der Waals surface area contributed by atoms with Gasteiger partial charge in [0.25, 0.3) is 12.2 Å². The van der Waals surface area contributed by atoms with E-state index in [0.29, 0.717) is 18.2 Å². The summed E-state index contributed by atoms with van der Waals surface area (Å²) in [5, 5.41) is 6.42. The second-order valence-corrected chi connectivity index (χ2v) is 8.61. The summed E-state index contributed by atoms with van der Waals surface area (Å²) in [6, 6.07) is 9.61. The Morgan fingerprint density at radius 2 is 2.03 bits per heavy atom. The molecule has 9 heteroatoms. The second kappa shape index (κ2) is 7.54. The van der Waals surface area contributed by atoms with Gasteiger partial charge in [-0.25, -0.2) is 23.3 Å². The summed E-state index contributed by atoms with van der Waals surface area (Å²) in [5.41, 5.74) is 0.452. The number of anilines is 1. The molecule has 154 valence electrons. The zero-order valence-corrected chi connectivity index (χ0v) is 17.8. The SMILES string of the molecule is C[C@H]1CCN(c2nccc3ccc(Br)cc23)C[C@@H]1c1cc(C(F)F)nc2ncnn12. The molecule has 6 nitrogen and oxygen atoms in total. The molecule has 0 N–H and O–H groups in total. The highest BCUT2D eigenvalue weighted by Crippen LogP contribution is 2.37. The number of pyridine rings is 1. The number of piperidine rings is 1. The number of aromatic nitrogens is 5. The summed E-state index contributed by atoms with van der Waals surface area (Å²) < 4.78 is 29.5. The van der Waals surface area contributed by atoms with Crippen molar-refractivity contribution < 1.29 is 8.78 Å². The van der Waals surface area contributed by atoms with E-state index in [9.17, 15) is 8.78 Å². The van der Waals surface area contributed by atoms with Crippen LogP contribution in [0.4, 0.5) is 14.6 Å². The maximum Gasteiger partial charge on any atom is 0.280 e. The van der Waals surface area contributed by atoms with E-state index in [1.54, 1.807) is 4.52 Å². The normalized spacial score (nSPS) is 19.8. The number of alkyl halides is 2. The third kappa shape index (κ3) is 3.30. The van der Waals surface area contributed by atoms with Crippen LogP contribution in [0.1, 0.15) is 37.1 Å². The molecule has 2 atom stereocenters. The molecule has 4 heterocycles. The van der Waals surface area contributed by atoms with Crippen molar-refractivity contribution >= 4 is 38.3 Å². The van der Waals surface area contributed by atoms with Crippen LogP contribution in [0, 0.1) is 5.92 Å². The third-order valence-corrected chi connectivity index (χ3v) is 6.36. The Balaban J connectivity index is 1.58. The Morgan fingerprint density at radius 3 is 2.87 bits per heavy atom. The first kappa shape index (κ1) is 19.3. The van der Waals surface area contributed by atoms with Crippen LogP contribution in [0.5, 0.6) is 0 Å². The van der Waals surface area contributed by atoms with E-state index in [1.165, 1.54) is 12.4 Å². The lowest BCUT2D eigenvalue weighted by atomic mass is 9.84. The molecular weight excluding hydrogens is 454 g/mol. The van der Waals surface area contributed by atoms with Gasteiger partial charge < -0.3 is 4.90 Å². The Morgan fingerprint density at radius 1 is 1.17 bits per heavy atom. The molecule has 0 unspecified atom stereocenters. The van der Waals surface area contributed by atoms with E-state index in [4.69, 9.17) is 0 Å². The van der Waals surface area contributed by atoms with Gasteiger partial charge in [0.2, 0.25) is 0 Å². The van der Waals surface area contributed by atoms with Crippen LogP contribution < -0.4 is 4.90 Å². The summed E-state index contributed by atoms with van der Waals surface area (Å²) in [7, 11) is 0. The first-order chi connectivity index (χ1) is 14.5. The lowest BCUT2D eigenvalue weighted by Crippen LogP contribution is -2.39. The van der Waals surface area contributed by atoms with Gasteiger partial charge >= 0.3 is 0 Å². The molecule has 5 rings (SSSR count). The van der Waals surface area contributed by atoms with Crippen molar-refractivity contribution in [2.75, 3.05) is 18.0 Å². The van der Waals surface area contributed by atoms with Gasteiger partial charge in [0.15, 0.2) is 0 Å². The molecule has 0 bridgehead atoms. The number of hydrogen-bond donors (Lipinski definition) is 0. The Bertz CT molecular complexity index is 1230. The number of halogens is 3. The van der Waals surface area contributed by atoms with Crippen molar-refractivity contribution in [1.29, 1.82) is 0 Å². The average Bonchev–Trinajstić information content (AvgIpc) is 3.22. The molecule has 1 fully saturated rings. The van der Waals surface area contributed by atoms with Crippen molar-refractivity contribution in [2.45, 2.75) is 25.7 Å². The largest absolute Gasteiger partial charge is 0.355 e. The summed E-state index contributed by atoms with van der Waals surface area (Å²) in [4.78, 5) is 14.9. The first-order valence-corrected chi connectivity index (χ1v) is 10.6. The molecule has 1 aliphatic heterocycles. The fourth-order valence-electron chi connectivity index (χ4n) is 4.25. The molecule has 1 aromatic carbocycles. The highest BCUT2D eigenvalue weighted by atomic mass is 79.9. The topological polar surface area (TPSA) is 59.2 Å². The second-order valence-electron chi connectivity index (χ2n) is 7.70. The van der Waals surface area contributed by atoms with Gasteiger partial charge in [-0.3, -0.25) is 0 Å². The summed E-state index contributed by atoms with van der Waals surface area (Å²) in [6.07, 6.45) is 1.43. The van der Waals surface area contributed by atoms with Crippen LogP contribution in [0.2, 0.25) is 0 Å². The van der Waals surface area contributed by atoms with Crippen molar-refractivity contribution in [2.24, 2.45) is 5.92 Å². The number of benzene rings is 1. The van der Waals surface area contributed by atoms with E-state index >= 15 is 0 Å². The summed E-state index contributed by atoms with van der Waals surface area (Å²) >= 11 is 3.55. The molecule has 0 spiro atoms. The van der Waals surface area contributed by atoms with E-state index in [0.717, 1.165) is 34.0 Å². The van der Waals surface area contributed by atoms with Crippen LogP contribution >= 0.6 is 15.9 Å². The smallest absolute Gasteiger partial charge is 0.280 e.